The second-order valence-corrected chi connectivity index (χ2v) is 1.88. The van der Waals surface area contributed by atoms with Crippen molar-refractivity contribution in [3.05, 3.63) is 11.9 Å². The van der Waals surface area contributed by atoms with E-state index in [1.807, 2.05) is 0 Å². The number of rotatable bonds is 0. The first-order valence-electron chi connectivity index (χ1n) is 2.43. The quantitative estimate of drug-likeness (QED) is 0.452. The van der Waals surface area contributed by atoms with Gasteiger partial charge in [0.05, 0.1) is 0 Å². The second-order valence-electron chi connectivity index (χ2n) is 1.88. The highest BCUT2D eigenvalue weighted by Gasteiger charge is 2.48. The highest BCUT2D eigenvalue weighted by atomic mass is 19.3. The molecule has 9 heavy (non-hydrogen) atoms. The maximum atomic E-state index is 11.9. The largest absolute Gasteiger partial charge is 0.329 e. The van der Waals surface area contributed by atoms with Gasteiger partial charge in [-0.1, -0.05) is 0 Å². The van der Waals surface area contributed by atoms with Crippen LogP contribution in [0.4, 0.5) is 17.6 Å². The summed E-state index contributed by atoms with van der Waals surface area (Å²) in [7, 11) is 0. The Labute approximate surface area is 49.2 Å². The monoisotopic (exact) mass is 140 g/mol. The Balaban J connectivity index is 2.81. The van der Waals surface area contributed by atoms with Crippen LogP contribution >= 0.6 is 0 Å². The normalized spacial score (nSPS) is 32.4. The van der Waals surface area contributed by atoms with Crippen molar-refractivity contribution >= 4 is 0 Å². The standard InChI is InChI=1S/C5H4F4/c6-3-1-2-4(7)5(3,8)9/h1,4H,2H2. The van der Waals surface area contributed by atoms with Gasteiger partial charge in [-0.3, -0.25) is 0 Å². The van der Waals surface area contributed by atoms with Crippen LogP contribution in [-0.2, 0) is 0 Å². The SMILES string of the molecule is FC1=CCC(F)C1(F)F. The Hall–Kier alpha value is -0.540. The topological polar surface area (TPSA) is 0 Å². The zero-order valence-corrected chi connectivity index (χ0v) is 4.37. The summed E-state index contributed by atoms with van der Waals surface area (Å²) in [6.07, 6.45) is -2.30. The van der Waals surface area contributed by atoms with E-state index < -0.39 is 24.3 Å². The highest BCUT2D eigenvalue weighted by Crippen LogP contribution is 2.38. The third kappa shape index (κ3) is 0.821. The molecule has 0 heterocycles. The molecule has 52 valence electrons. The van der Waals surface area contributed by atoms with Gasteiger partial charge in [0.15, 0.2) is 12.0 Å². The molecular weight excluding hydrogens is 136 g/mol. The fraction of sp³-hybridized carbons (Fsp3) is 0.600. The van der Waals surface area contributed by atoms with Crippen LogP contribution in [0.25, 0.3) is 0 Å². The summed E-state index contributed by atoms with van der Waals surface area (Å²) in [6, 6.07) is 0. The number of alkyl halides is 3. The van der Waals surface area contributed by atoms with Gasteiger partial charge in [0.25, 0.3) is 0 Å². The first-order chi connectivity index (χ1) is 4.05. The predicted molar refractivity (Wildman–Crippen MR) is 23.7 cm³/mol. The van der Waals surface area contributed by atoms with Crippen molar-refractivity contribution in [2.24, 2.45) is 0 Å². The van der Waals surface area contributed by atoms with Gasteiger partial charge in [-0.15, -0.1) is 0 Å². The molecule has 0 aromatic carbocycles. The number of hydrogen-bond acceptors (Lipinski definition) is 0. The minimum Gasteiger partial charge on any atom is -0.240 e. The lowest BCUT2D eigenvalue weighted by Crippen LogP contribution is -2.25. The summed E-state index contributed by atoms with van der Waals surface area (Å²) in [5, 5.41) is 0. The van der Waals surface area contributed by atoms with E-state index in [0.717, 1.165) is 0 Å². The van der Waals surface area contributed by atoms with Crippen LogP contribution in [0.5, 0.6) is 0 Å². The summed E-state index contributed by atoms with van der Waals surface area (Å²) in [4.78, 5) is 0. The molecule has 0 N–H and O–H groups in total. The molecule has 1 aliphatic rings. The molecule has 1 unspecified atom stereocenters. The Morgan fingerprint density at radius 1 is 1.56 bits per heavy atom. The van der Waals surface area contributed by atoms with Crippen LogP contribution in [0.2, 0.25) is 0 Å². The van der Waals surface area contributed by atoms with Crippen LogP contribution < -0.4 is 0 Å². The summed E-state index contributed by atoms with van der Waals surface area (Å²) in [5.41, 5.74) is 0. The third-order valence-corrected chi connectivity index (χ3v) is 1.22. The molecular formula is C5H4F4. The van der Waals surface area contributed by atoms with E-state index in [-0.39, 0.29) is 0 Å². The second kappa shape index (κ2) is 1.72. The van der Waals surface area contributed by atoms with Gasteiger partial charge in [0.1, 0.15) is 0 Å². The minimum atomic E-state index is -3.86. The van der Waals surface area contributed by atoms with Crippen molar-refractivity contribution in [3.63, 3.8) is 0 Å². The average molecular weight is 140 g/mol. The van der Waals surface area contributed by atoms with Crippen LogP contribution in [-0.4, -0.2) is 12.1 Å². The summed E-state index contributed by atoms with van der Waals surface area (Å²) >= 11 is 0. The molecule has 0 aromatic rings. The maximum Gasteiger partial charge on any atom is 0.329 e. The van der Waals surface area contributed by atoms with Crippen molar-refractivity contribution in [2.45, 2.75) is 18.5 Å². The Morgan fingerprint density at radius 3 is 2.22 bits per heavy atom. The molecule has 0 fully saturated rings. The molecule has 0 bridgehead atoms. The van der Waals surface area contributed by atoms with E-state index in [4.69, 9.17) is 0 Å². The van der Waals surface area contributed by atoms with Gasteiger partial charge in [0, 0.05) is 6.42 Å². The Bertz CT molecular complexity index is 149. The summed E-state index contributed by atoms with van der Waals surface area (Å²) in [5.74, 6) is -5.50. The fourth-order valence-electron chi connectivity index (χ4n) is 0.641. The van der Waals surface area contributed by atoms with E-state index in [1.165, 1.54) is 0 Å². The van der Waals surface area contributed by atoms with Crippen molar-refractivity contribution in [1.82, 2.24) is 0 Å². The number of halogens is 4. The highest BCUT2D eigenvalue weighted by molar-refractivity contribution is 5.15. The Kier molecular flexibility index (Phi) is 1.26. The van der Waals surface area contributed by atoms with Crippen LogP contribution in [0.15, 0.2) is 11.9 Å². The lowest BCUT2D eigenvalue weighted by atomic mass is 10.2. The van der Waals surface area contributed by atoms with Crippen LogP contribution in [0.3, 0.4) is 0 Å². The molecule has 1 aliphatic carbocycles. The smallest absolute Gasteiger partial charge is 0.240 e. The lowest BCUT2D eigenvalue weighted by molar-refractivity contribution is -0.0411. The van der Waals surface area contributed by atoms with Crippen molar-refractivity contribution in [3.8, 4) is 0 Å². The fourth-order valence-corrected chi connectivity index (χ4v) is 0.641. The molecule has 0 spiro atoms. The first-order valence-corrected chi connectivity index (χ1v) is 2.43. The van der Waals surface area contributed by atoms with Gasteiger partial charge >= 0.3 is 5.92 Å². The van der Waals surface area contributed by atoms with Gasteiger partial charge in [-0.2, -0.15) is 8.78 Å². The van der Waals surface area contributed by atoms with E-state index >= 15 is 0 Å². The van der Waals surface area contributed by atoms with E-state index in [0.29, 0.717) is 6.08 Å². The molecule has 0 nitrogen and oxygen atoms in total. The lowest BCUT2D eigenvalue weighted by Gasteiger charge is -2.10. The van der Waals surface area contributed by atoms with Crippen molar-refractivity contribution in [2.75, 3.05) is 0 Å². The van der Waals surface area contributed by atoms with Gasteiger partial charge in [-0.05, 0) is 6.08 Å². The van der Waals surface area contributed by atoms with Crippen LogP contribution in [0.1, 0.15) is 6.42 Å². The third-order valence-electron chi connectivity index (χ3n) is 1.22. The molecule has 0 radical (unpaired) electrons. The molecule has 1 rings (SSSR count). The zero-order chi connectivity index (χ0) is 7.07. The maximum absolute atomic E-state index is 11.9. The molecule has 0 saturated heterocycles. The molecule has 0 aliphatic heterocycles. The molecule has 1 atom stereocenters. The molecule has 0 amide bonds. The molecule has 0 saturated carbocycles. The van der Waals surface area contributed by atoms with E-state index in [1.54, 1.807) is 0 Å². The molecule has 4 heteroatoms. The van der Waals surface area contributed by atoms with E-state index in [9.17, 15) is 17.6 Å². The van der Waals surface area contributed by atoms with Crippen molar-refractivity contribution in [1.29, 1.82) is 0 Å². The summed E-state index contributed by atoms with van der Waals surface area (Å²) in [6.45, 7) is 0. The minimum absolute atomic E-state index is 0.515. The number of allylic oxidation sites excluding steroid dienone is 2. The average Bonchev–Trinajstić information content (AvgIpc) is 1.96. The zero-order valence-electron chi connectivity index (χ0n) is 4.37. The van der Waals surface area contributed by atoms with Crippen LogP contribution in [0, 0.1) is 0 Å². The first kappa shape index (κ1) is 6.58. The van der Waals surface area contributed by atoms with Gasteiger partial charge in [-0.25, -0.2) is 8.78 Å². The Morgan fingerprint density at radius 2 is 2.11 bits per heavy atom. The van der Waals surface area contributed by atoms with Gasteiger partial charge in [0.2, 0.25) is 0 Å². The predicted octanol–water partition coefficient (Wildman–Crippen LogP) is 2.22. The van der Waals surface area contributed by atoms with Gasteiger partial charge < -0.3 is 0 Å². The van der Waals surface area contributed by atoms with E-state index in [2.05, 4.69) is 0 Å². The van der Waals surface area contributed by atoms with Crippen molar-refractivity contribution < 1.29 is 17.6 Å². The molecule has 0 aromatic heterocycles. The summed E-state index contributed by atoms with van der Waals surface area (Å²) < 4.78 is 47.6. The number of hydrogen-bond donors (Lipinski definition) is 0.